The molecule has 0 radical (unpaired) electrons. The smallest absolute Gasteiger partial charge is 0.141 e. The highest BCUT2D eigenvalue weighted by Gasteiger charge is 2.28. The highest BCUT2D eigenvalue weighted by Crippen LogP contribution is 2.27. The van der Waals surface area contributed by atoms with Gasteiger partial charge in [-0.1, -0.05) is 0 Å². The van der Waals surface area contributed by atoms with E-state index in [0.29, 0.717) is 5.92 Å². The first-order chi connectivity index (χ1) is 12.7. The highest BCUT2D eigenvalue weighted by molar-refractivity contribution is 5.54. The summed E-state index contributed by atoms with van der Waals surface area (Å²) in [7, 11) is 2.25. The van der Waals surface area contributed by atoms with Crippen LogP contribution in [-0.2, 0) is 6.54 Å². The first kappa shape index (κ1) is 17.7. The molecule has 1 unspecified atom stereocenters. The number of aromatic nitrogens is 3. The molecule has 5 heteroatoms. The number of hydrogen-bond donors (Lipinski definition) is 0. The van der Waals surface area contributed by atoms with E-state index in [1.54, 1.807) is 0 Å². The largest absolute Gasteiger partial charge is 0.328 e. The molecular formula is C21H31N5. The van der Waals surface area contributed by atoms with E-state index < -0.39 is 0 Å². The molecule has 2 fully saturated rings. The second-order valence-electron chi connectivity index (χ2n) is 8.11. The Balaban J connectivity index is 1.45. The van der Waals surface area contributed by atoms with Crippen LogP contribution in [0.2, 0.25) is 0 Å². The fourth-order valence-electron chi connectivity index (χ4n) is 4.61. The summed E-state index contributed by atoms with van der Waals surface area (Å²) in [5, 5.41) is 0. The van der Waals surface area contributed by atoms with Gasteiger partial charge in [-0.2, -0.15) is 0 Å². The summed E-state index contributed by atoms with van der Waals surface area (Å²) in [6, 6.07) is 4.89. The van der Waals surface area contributed by atoms with Gasteiger partial charge in [0, 0.05) is 49.0 Å². The Kier molecular flexibility index (Phi) is 5.36. The number of aryl methyl sites for hydroxylation is 1. The van der Waals surface area contributed by atoms with Crippen molar-refractivity contribution in [3.63, 3.8) is 0 Å². The number of nitrogens with zero attached hydrogens (tertiary/aromatic N) is 5. The minimum Gasteiger partial charge on any atom is -0.328 e. The zero-order chi connectivity index (χ0) is 17.9. The van der Waals surface area contributed by atoms with Gasteiger partial charge in [-0.3, -0.25) is 9.88 Å². The molecule has 0 aliphatic carbocycles. The normalized spacial score (nSPS) is 23.4. The molecule has 4 heterocycles. The first-order valence-electron chi connectivity index (χ1n) is 10.1. The van der Waals surface area contributed by atoms with E-state index in [-0.39, 0.29) is 0 Å². The molecule has 2 aliphatic heterocycles. The van der Waals surface area contributed by atoms with Crippen molar-refractivity contribution in [1.29, 1.82) is 0 Å². The lowest BCUT2D eigenvalue weighted by atomic mass is 9.93. The van der Waals surface area contributed by atoms with E-state index >= 15 is 0 Å². The van der Waals surface area contributed by atoms with Gasteiger partial charge in [0.05, 0.1) is 0 Å². The van der Waals surface area contributed by atoms with Gasteiger partial charge in [0.15, 0.2) is 0 Å². The van der Waals surface area contributed by atoms with Crippen molar-refractivity contribution in [2.75, 3.05) is 33.2 Å². The first-order valence-corrected chi connectivity index (χ1v) is 10.1. The minimum absolute atomic E-state index is 0.715. The molecule has 140 valence electrons. The standard InChI is InChI=1S/C21H31N5/c1-17-13-23-21(19-6-3-9-22-14-19)26(17)16-18-5-4-10-25(15-18)20-7-11-24(2)12-8-20/h3,6,9,13-14,18,20H,4-5,7-8,10-12,15-16H2,1-2H3. The topological polar surface area (TPSA) is 37.2 Å². The van der Waals surface area contributed by atoms with Gasteiger partial charge in [0.25, 0.3) is 0 Å². The predicted octanol–water partition coefficient (Wildman–Crippen LogP) is 3.06. The third-order valence-electron chi connectivity index (χ3n) is 6.17. The maximum atomic E-state index is 4.67. The summed E-state index contributed by atoms with van der Waals surface area (Å²) in [4.78, 5) is 14.2. The number of piperidine rings is 2. The van der Waals surface area contributed by atoms with Crippen LogP contribution in [0.15, 0.2) is 30.7 Å². The molecular weight excluding hydrogens is 322 g/mol. The molecule has 0 spiro atoms. The summed E-state index contributed by atoms with van der Waals surface area (Å²) in [6.45, 7) is 8.25. The predicted molar refractivity (Wildman–Crippen MR) is 105 cm³/mol. The Bertz CT molecular complexity index is 702. The van der Waals surface area contributed by atoms with Crippen molar-refractivity contribution >= 4 is 0 Å². The van der Waals surface area contributed by atoms with Crippen LogP contribution in [0, 0.1) is 12.8 Å². The SMILES string of the molecule is Cc1cnc(-c2cccnc2)n1CC1CCCN(C2CCN(C)CC2)C1. The van der Waals surface area contributed by atoms with Crippen molar-refractivity contribution in [2.45, 2.75) is 45.2 Å². The van der Waals surface area contributed by atoms with Gasteiger partial charge < -0.3 is 9.47 Å². The van der Waals surface area contributed by atoms with Gasteiger partial charge in [-0.15, -0.1) is 0 Å². The Labute approximate surface area is 157 Å². The summed E-state index contributed by atoms with van der Waals surface area (Å²) in [5.74, 6) is 1.78. The van der Waals surface area contributed by atoms with Crippen LogP contribution in [-0.4, -0.2) is 63.6 Å². The molecule has 1 atom stereocenters. The molecule has 5 nitrogen and oxygen atoms in total. The Morgan fingerprint density at radius 2 is 1.96 bits per heavy atom. The molecule has 2 aromatic heterocycles. The van der Waals surface area contributed by atoms with E-state index in [0.717, 1.165) is 24.0 Å². The van der Waals surface area contributed by atoms with Crippen LogP contribution >= 0.6 is 0 Å². The second-order valence-corrected chi connectivity index (χ2v) is 8.11. The molecule has 2 saturated heterocycles. The number of pyridine rings is 1. The lowest BCUT2D eigenvalue weighted by molar-refractivity contribution is 0.0741. The minimum atomic E-state index is 0.715. The van der Waals surface area contributed by atoms with E-state index in [9.17, 15) is 0 Å². The van der Waals surface area contributed by atoms with Crippen molar-refractivity contribution in [2.24, 2.45) is 5.92 Å². The summed E-state index contributed by atoms with van der Waals surface area (Å²) < 4.78 is 2.40. The van der Waals surface area contributed by atoms with E-state index in [2.05, 4.69) is 44.4 Å². The quantitative estimate of drug-likeness (QED) is 0.847. The number of hydrogen-bond acceptors (Lipinski definition) is 4. The lowest BCUT2D eigenvalue weighted by Crippen LogP contribution is -2.48. The zero-order valence-corrected chi connectivity index (χ0v) is 16.1. The van der Waals surface area contributed by atoms with Crippen LogP contribution in [0.4, 0.5) is 0 Å². The van der Waals surface area contributed by atoms with Crippen molar-refractivity contribution < 1.29 is 0 Å². The fraction of sp³-hybridized carbons (Fsp3) is 0.619. The van der Waals surface area contributed by atoms with E-state index in [4.69, 9.17) is 0 Å². The van der Waals surface area contributed by atoms with Crippen LogP contribution in [0.1, 0.15) is 31.4 Å². The average molecular weight is 354 g/mol. The molecule has 2 aromatic rings. The number of rotatable bonds is 4. The second kappa shape index (κ2) is 7.89. The van der Waals surface area contributed by atoms with E-state index in [1.807, 2.05) is 24.7 Å². The van der Waals surface area contributed by atoms with Gasteiger partial charge >= 0.3 is 0 Å². The molecule has 0 N–H and O–H groups in total. The number of likely N-dealkylation sites (tertiary alicyclic amines) is 2. The van der Waals surface area contributed by atoms with Crippen molar-refractivity contribution in [3.05, 3.63) is 36.4 Å². The van der Waals surface area contributed by atoms with Crippen molar-refractivity contribution in [1.82, 2.24) is 24.3 Å². The zero-order valence-electron chi connectivity index (χ0n) is 16.1. The Morgan fingerprint density at radius 3 is 2.73 bits per heavy atom. The lowest BCUT2D eigenvalue weighted by Gasteiger charge is -2.42. The van der Waals surface area contributed by atoms with Crippen LogP contribution in [0.3, 0.4) is 0 Å². The average Bonchev–Trinajstić information content (AvgIpc) is 3.04. The third-order valence-corrected chi connectivity index (χ3v) is 6.17. The highest BCUT2D eigenvalue weighted by atomic mass is 15.2. The maximum Gasteiger partial charge on any atom is 0.141 e. The monoisotopic (exact) mass is 353 g/mol. The van der Waals surface area contributed by atoms with Gasteiger partial charge in [0.2, 0.25) is 0 Å². The molecule has 0 saturated carbocycles. The molecule has 4 rings (SSSR count). The van der Waals surface area contributed by atoms with Gasteiger partial charge in [-0.05, 0) is 77.3 Å². The van der Waals surface area contributed by atoms with Gasteiger partial charge in [-0.25, -0.2) is 4.98 Å². The Morgan fingerprint density at radius 1 is 1.12 bits per heavy atom. The fourth-order valence-corrected chi connectivity index (χ4v) is 4.61. The molecule has 0 amide bonds. The van der Waals surface area contributed by atoms with Crippen LogP contribution in [0.5, 0.6) is 0 Å². The summed E-state index contributed by atoms with van der Waals surface area (Å²) >= 11 is 0. The molecule has 2 aliphatic rings. The van der Waals surface area contributed by atoms with Crippen molar-refractivity contribution in [3.8, 4) is 11.4 Å². The number of imidazole rings is 1. The summed E-state index contributed by atoms with van der Waals surface area (Å²) in [6.07, 6.45) is 11.1. The molecule has 26 heavy (non-hydrogen) atoms. The maximum absolute atomic E-state index is 4.67. The van der Waals surface area contributed by atoms with E-state index in [1.165, 1.54) is 57.6 Å². The molecule has 0 bridgehead atoms. The third kappa shape index (κ3) is 3.84. The summed E-state index contributed by atoms with van der Waals surface area (Å²) in [5.41, 5.74) is 2.36. The van der Waals surface area contributed by atoms with Crippen LogP contribution < -0.4 is 0 Å². The van der Waals surface area contributed by atoms with Crippen LogP contribution in [0.25, 0.3) is 11.4 Å². The van der Waals surface area contributed by atoms with Gasteiger partial charge in [0.1, 0.15) is 5.82 Å². The Hall–Kier alpha value is -1.72. The molecule has 0 aromatic carbocycles.